The molecule has 1 fully saturated rings. The van der Waals surface area contributed by atoms with Crippen LogP contribution in [0.25, 0.3) is 22.3 Å². The fraction of sp³-hybridized carbons (Fsp3) is 0.273. The van der Waals surface area contributed by atoms with E-state index in [0.717, 1.165) is 18.4 Å². The second-order valence-corrected chi connectivity index (χ2v) is 7.09. The van der Waals surface area contributed by atoms with Crippen LogP contribution >= 0.6 is 0 Å². The van der Waals surface area contributed by atoms with Crippen molar-refractivity contribution in [3.8, 4) is 11.3 Å². The summed E-state index contributed by atoms with van der Waals surface area (Å²) < 4.78 is 6.11. The molecule has 0 aliphatic heterocycles. The van der Waals surface area contributed by atoms with Gasteiger partial charge in [0.2, 0.25) is 0 Å². The van der Waals surface area contributed by atoms with Crippen LogP contribution in [0.3, 0.4) is 0 Å². The monoisotopic (exact) mass is 362 g/mol. The Bertz CT molecular complexity index is 1050. The highest BCUT2D eigenvalue weighted by atomic mass is 16.3. The standard InChI is InChI=1S/C22H22N2O3/c1-13-19(25)16-8-5-9-17(22(26)24-18(12-23)14-10-11-14)21(16)27-20(13)15-6-3-2-4-7-15/h2-9,14,18H,10-12,23H2,1H3,(H,24,26). The summed E-state index contributed by atoms with van der Waals surface area (Å²) >= 11 is 0. The summed E-state index contributed by atoms with van der Waals surface area (Å²) in [5.41, 5.74) is 7.70. The van der Waals surface area contributed by atoms with Crippen LogP contribution in [-0.4, -0.2) is 18.5 Å². The van der Waals surface area contributed by atoms with E-state index >= 15 is 0 Å². The number of nitrogens with one attached hydrogen (secondary N) is 1. The Morgan fingerprint density at radius 2 is 1.93 bits per heavy atom. The lowest BCUT2D eigenvalue weighted by atomic mass is 10.0. The second kappa shape index (κ2) is 7.00. The molecular formula is C22H22N2O3. The molecule has 1 atom stereocenters. The number of carbonyl (C=O) groups excluding carboxylic acids is 1. The Balaban J connectivity index is 1.83. The molecule has 138 valence electrons. The van der Waals surface area contributed by atoms with Crippen molar-refractivity contribution in [2.75, 3.05) is 6.54 Å². The molecule has 0 spiro atoms. The number of amides is 1. The molecule has 1 amide bonds. The maximum absolute atomic E-state index is 12.9. The molecule has 5 heteroatoms. The first-order valence-electron chi connectivity index (χ1n) is 9.23. The maximum Gasteiger partial charge on any atom is 0.255 e. The molecule has 4 rings (SSSR count). The largest absolute Gasteiger partial charge is 0.455 e. The van der Waals surface area contributed by atoms with Gasteiger partial charge in [0.05, 0.1) is 10.9 Å². The van der Waals surface area contributed by atoms with Gasteiger partial charge in [0.15, 0.2) is 11.0 Å². The van der Waals surface area contributed by atoms with Gasteiger partial charge in [-0.3, -0.25) is 9.59 Å². The van der Waals surface area contributed by atoms with Gasteiger partial charge in [0, 0.05) is 23.7 Å². The Hall–Kier alpha value is -2.92. The van der Waals surface area contributed by atoms with E-state index in [2.05, 4.69) is 5.32 Å². The van der Waals surface area contributed by atoms with Crippen molar-refractivity contribution < 1.29 is 9.21 Å². The molecule has 0 bridgehead atoms. The molecule has 3 N–H and O–H groups in total. The molecule has 1 aromatic heterocycles. The molecule has 5 nitrogen and oxygen atoms in total. The predicted octanol–water partition coefficient (Wildman–Crippen LogP) is 3.24. The average Bonchev–Trinajstić information content (AvgIpc) is 3.54. The summed E-state index contributed by atoms with van der Waals surface area (Å²) in [6.45, 7) is 2.15. The van der Waals surface area contributed by atoms with E-state index in [-0.39, 0.29) is 17.4 Å². The number of benzene rings is 2. The quantitative estimate of drug-likeness (QED) is 0.730. The van der Waals surface area contributed by atoms with Crippen LogP contribution in [0.2, 0.25) is 0 Å². The van der Waals surface area contributed by atoms with Gasteiger partial charge in [0.25, 0.3) is 5.91 Å². The number of fused-ring (bicyclic) bond motifs is 1. The van der Waals surface area contributed by atoms with E-state index in [1.165, 1.54) is 0 Å². The van der Waals surface area contributed by atoms with Crippen LogP contribution in [0.5, 0.6) is 0 Å². The first-order chi connectivity index (χ1) is 13.1. The zero-order chi connectivity index (χ0) is 19.0. The second-order valence-electron chi connectivity index (χ2n) is 7.09. The molecule has 1 unspecified atom stereocenters. The number of rotatable bonds is 5. The van der Waals surface area contributed by atoms with Gasteiger partial charge in [-0.1, -0.05) is 36.4 Å². The molecule has 2 aromatic carbocycles. The maximum atomic E-state index is 12.9. The molecule has 27 heavy (non-hydrogen) atoms. The molecule has 1 aliphatic rings. The Morgan fingerprint density at radius 3 is 2.59 bits per heavy atom. The Labute approximate surface area is 157 Å². The minimum Gasteiger partial charge on any atom is -0.455 e. The van der Waals surface area contributed by atoms with Crippen molar-refractivity contribution in [2.45, 2.75) is 25.8 Å². The van der Waals surface area contributed by atoms with Gasteiger partial charge < -0.3 is 15.5 Å². The lowest BCUT2D eigenvalue weighted by Crippen LogP contribution is -2.41. The van der Waals surface area contributed by atoms with Crippen molar-refractivity contribution in [1.29, 1.82) is 0 Å². The first kappa shape index (κ1) is 17.5. The van der Waals surface area contributed by atoms with E-state index in [0.29, 0.717) is 40.3 Å². The summed E-state index contributed by atoms with van der Waals surface area (Å²) in [6, 6.07) is 14.5. The molecule has 1 saturated carbocycles. The number of hydrogen-bond donors (Lipinski definition) is 2. The predicted molar refractivity (Wildman–Crippen MR) is 106 cm³/mol. The number of nitrogens with two attached hydrogens (primary N) is 1. The van der Waals surface area contributed by atoms with Crippen LogP contribution in [0.15, 0.2) is 57.7 Å². The highest BCUT2D eigenvalue weighted by Gasteiger charge is 2.32. The topological polar surface area (TPSA) is 85.3 Å². The van der Waals surface area contributed by atoms with E-state index in [4.69, 9.17) is 10.2 Å². The summed E-state index contributed by atoms with van der Waals surface area (Å²) in [7, 11) is 0. The molecule has 0 radical (unpaired) electrons. The van der Waals surface area contributed by atoms with Crippen molar-refractivity contribution in [2.24, 2.45) is 11.7 Å². The van der Waals surface area contributed by atoms with Crippen molar-refractivity contribution in [1.82, 2.24) is 5.32 Å². The Kier molecular flexibility index (Phi) is 4.54. The van der Waals surface area contributed by atoms with Crippen LogP contribution in [0.4, 0.5) is 0 Å². The third kappa shape index (κ3) is 3.26. The normalized spacial score (nSPS) is 14.9. The van der Waals surface area contributed by atoms with Gasteiger partial charge in [0.1, 0.15) is 5.76 Å². The highest BCUT2D eigenvalue weighted by Crippen LogP contribution is 2.32. The smallest absolute Gasteiger partial charge is 0.255 e. The van der Waals surface area contributed by atoms with Crippen LogP contribution < -0.4 is 16.5 Å². The van der Waals surface area contributed by atoms with Crippen LogP contribution in [-0.2, 0) is 0 Å². The third-order valence-electron chi connectivity index (χ3n) is 5.19. The summed E-state index contributed by atoms with van der Waals surface area (Å²) in [6.07, 6.45) is 2.17. The van der Waals surface area contributed by atoms with Crippen molar-refractivity contribution in [3.05, 3.63) is 69.9 Å². The number of hydrogen-bond acceptors (Lipinski definition) is 4. The highest BCUT2D eigenvalue weighted by molar-refractivity contribution is 6.05. The zero-order valence-electron chi connectivity index (χ0n) is 15.2. The molecule has 1 aliphatic carbocycles. The van der Waals surface area contributed by atoms with Gasteiger partial charge >= 0.3 is 0 Å². The molecular weight excluding hydrogens is 340 g/mol. The fourth-order valence-electron chi connectivity index (χ4n) is 3.47. The fourth-order valence-corrected chi connectivity index (χ4v) is 3.47. The van der Waals surface area contributed by atoms with Gasteiger partial charge in [-0.25, -0.2) is 0 Å². The Morgan fingerprint density at radius 1 is 1.19 bits per heavy atom. The van der Waals surface area contributed by atoms with Gasteiger partial charge in [-0.2, -0.15) is 0 Å². The number of carbonyl (C=O) groups is 1. The van der Waals surface area contributed by atoms with Gasteiger partial charge in [-0.05, 0) is 37.8 Å². The van der Waals surface area contributed by atoms with Crippen molar-refractivity contribution >= 4 is 16.9 Å². The SMILES string of the molecule is Cc1c(-c2ccccc2)oc2c(C(=O)NC(CN)C3CC3)cccc2c1=O. The third-order valence-corrected chi connectivity index (χ3v) is 5.19. The molecule has 0 saturated heterocycles. The lowest BCUT2D eigenvalue weighted by Gasteiger charge is -2.17. The number of para-hydroxylation sites is 1. The van der Waals surface area contributed by atoms with Gasteiger partial charge in [-0.15, -0.1) is 0 Å². The van der Waals surface area contributed by atoms with E-state index in [1.54, 1.807) is 25.1 Å². The van der Waals surface area contributed by atoms with Crippen LogP contribution in [0, 0.1) is 12.8 Å². The van der Waals surface area contributed by atoms with E-state index in [9.17, 15) is 9.59 Å². The summed E-state index contributed by atoms with van der Waals surface area (Å²) in [5, 5.41) is 3.42. The minimum atomic E-state index is -0.256. The first-order valence-corrected chi connectivity index (χ1v) is 9.23. The minimum absolute atomic E-state index is 0.0430. The summed E-state index contributed by atoms with van der Waals surface area (Å²) in [4.78, 5) is 25.8. The van der Waals surface area contributed by atoms with Crippen LogP contribution in [0.1, 0.15) is 28.8 Å². The zero-order valence-corrected chi connectivity index (χ0v) is 15.2. The summed E-state index contributed by atoms with van der Waals surface area (Å²) in [5.74, 6) is 0.683. The van der Waals surface area contributed by atoms with Crippen molar-refractivity contribution in [3.63, 3.8) is 0 Å². The molecule has 1 heterocycles. The van der Waals surface area contributed by atoms with E-state index in [1.807, 2.05) is 30.3 Å². The average molecular weight is 362 g/mol. The lowest BCUT2D eigenvalue weighted by molar-refractivity contribution is 0.0934. The van der Waals surface area contributed by atoms with E-state index < -0.39 is 0 Å². The molecule has 3 aromatic rings.